The molecule has 0 amide bonds. The number of anilines is 1. The minimum absolute atomic E-state index is 0.232. The molecule has 0 bridgehead atoms. The average Bonchev–Trinajstić information content (AvgIpc) is 2.75. The molecule has 0 fully saturated rings. The van der Waals surface area contributed by atoms with Crippen LogP contribution in [0.1, 0.15) is 26.7 Å². The fraction of sp³-hybridized carbons (Fsp3) is 0.545. The van der Waals surface area contributed by atoms with Crippen LogP contribution in [0.5, 0.6) is 0 Å². The molecule has 0 aromatic carbocycles. The van der Waals surface area contributed by atoms with Gasteiger partial charge in [0.1, 0.15) is 5.52 Å². The first-order chi connectivity index (χ1) is 8.13. The minimum atomic E-state index is 0.232. The molecule has 0 aliphatic heterocycles. The molecule has 1 N–H and O–H groups in total. The van der Waals surface area contributed by atoms with Gasteiger partial charge in [0.25, 0.3) is 0 Å². The number of fused-ring (bicyclic) bond motifs is 1. The van der Waals surface area contributed by atoms with Gasteiger partial charge in [-0.25, -0.2) is 4.98 Å². The molecule has 0 aliphatic rings. The number of aromatic amines is 1. The van der Waals surface area contributed by atoms with Crippen LogP contribution in [-0.2, 0) is 0 Å². The fourth-order valence-electron chi connectivity index (χ4n) is 1.87. The summed E-state index contributed by atoms with van der Waals surface area (Å²) in [6.07, 6.45) is 3.85. The van der Waals surface area contributed by atoms with Crippen molar-refractivity contribution in [2.45, 2.75) is 32.7 Å². The Bertz CT molecular complexity index is 510. The van der Waals surface area contributed by atoms with Crippen molar-refractivity contribution in [3.63, 3.8) is 0 Å². The zero-order chi connectivity index (χ0) is 12.4. The minimum Gasteiger partial charge on any atom is -0.355 e. The molecule has 17 heavy (non-hydrogen) atoms. The highest BCUT2D eigenvalue weighted by molar-refractivity contribution is 6.28. The van der Waals surface area contributed by atoms with Gasteiger partial charge in [0, 0.05) is 13.1 Å². The summed E-state index contributed by atoms with van der Waals surface area (Å²) in [7, 11) is 2.01. The molecular formula is C11H16ClN5. The Kier molecular flexibility index (Phi) is 3.47. The van der Waals surface area contributed by atoms with Crippen molar-refractivity contribution in [1.82, 2.24) is 19.9 Å². The van der Waals surface area contributed by atoms with Gasteiger partial charge in [-0.3, -0.25) is 0 Å². The molecule has 5 nitrogen and oxygen atoms in total. The molecule has 0 saturated heterocycles. The highest BCUT2D eigenvalue weighted by Gasteiger charge is 2.16. The molecule has 1 atom stereocenters. The van der Waals surface area contributed by atoms with Crippen molar-refractivity contribution in [2.24, 2.45) is 0 Å². The summed E-state index contributed by atoms with van der Waals surface area (Å²) in [5, 5.41) is 0.232. The van der Waals surface area contributed by atoms with Crippen LogP contribution < -0.4 is 4.90 Å². The van der Waals surface area contributed by atoms with Crippen LogP contribution in [0.25, 0.3) is 11.2 Å². The van der Waals surface area contributed by atoms with Gasteiger partial charge in [0.2, 0.25) is 5.28 Å². The molecule has 0 saturated carbocycles. The first-order valence-electron chi connectivity index (χ1n) is 5.73. The molecule has 0 radical (unpaired) electrons. The second-order valence-corrected chi connectivity index (χ2v) is 4.50. The van der Waals surface area contributed by atoms with Crippen LogP contribution in [0.3, 0.4) is 0 Å². The fourth-order valence-corrected chi connectivity index (χ4v) is 2.03. The summed E-state index contributed by atoms with van der Waals surface area (Å²) in [5.74, 6) is 0.804. The second-order valence-electron chi connectivity index (χ2n) is 4.17. The number of halogens is 1. The van der Waals surface area contributed by atoms with Gasteiger partial charge in [-0.05, 0) is 24.9 Å². The molecular weight excluding hydrogens is 238 g/mol. The van der Waals surface area contributed by atoms with E-state index >= 15 is 0 Å². The van der Waals surface area contributed by atoms with Crippen LogP contribution >= 0.6 is 11.6 Å². The summed E-state index contributed by atoms with van der Waals surface area (Å²) in [5.41, 5.74) is 1.44. The molecule has 92 valence electrons. The lowest BCUT2D eigenvalue weighted by atomic mass is 10.2. The predicted octanol–water partition coefficient (Wildman–Crippen LogP) is 2.63. The molecule has 2 aromatic rings. The lowest BCUT2D eigenvalue weighted by Crippen LogP contribution is -2.29. The summed E-state index contributed by atoms with van der Waals surface area (Å²) >= 11 is 5.90. The van der Waals surface area contributed by atoms with Gasteiger partial charge in [-0.15, -0.1) is 0 Å². The normalized spacial score (nSPS) is 12.9. The number of imidazole rings is 1. The maximum absolute atomic E-state index is 5.90. The first kappa shape index (κ1) is 12.1. The summed E-state index contributed by atoms with van der Waals surface area (Å²) in [6, 6.07) is 0.400. The Morgan fingerprint density at radius 3 is 2.94 bits per heavy atom. The van der Waals surface area contributed by atoms with Gasteiger partial charge in [-0.2, -0.15) is 9.97 Å². The van der Waals surface area contributed by atoms with E-state index in [4.69, 9.17) is 11.6 Å². The van der Waals surface area contributed by atoms with Crippen LogP contribution in [0.15, 0.2) is 6.33 Å². The van der Waals surface area contributed by atoms with Crippen LogP contribution in [0.2, 0.25) is 5.28 Å². The van der Waals surface area contributed by atoms with Crippen LogP contribution in [0, 0.1) is 0 Å². The van der Waals surface area contributed by atoms with Crippen molar-refractivity contribution in [2.75, 3.05) is 11.9 Å². The van der Waals surface area contributed by atoms with Crippen molar-refractivity contribution < 1.29 is 0 Å². The number of nitrogens with zero attached hydrogens (tertiary/aromatic N) is 4. The van der Waals surface area contributed by atoms with E-state index in [9.17, 15) is 0 Å². The Hall–Kier alpha value is -1.36. The van der Waals surface area contributed by atoms with E-state index in [1.54, 1.807) is 6.33 Å². The van der Waals surface area contributed by atoms with Gasteiger partial charge in [-0.1, -0.05) is 13.3 Å². The van der Waals surface area contributed by atoms with Crippen molar-refractivity contribution in [1.29, 1.82) is 0 Å². The van der Waals surface area contributed by atoms with E-state index in [2.05, 4.69) is 38.7 Å². The number of H-pyrrole nitrogens is 1. The van der Waals surface area contributed by atoms with E-state index < -0.39 is 0 Å². The van der Waals surface area contributed by atoms with Gasteiger partial charge in [0.15, 0.2) is 11.5 Å². The maximum Gasteiger partial charge on any atom is 0.226 e. The van der Waals surface area contributed by atoms with Crippen molar-refractivity contribution in [3.05, 3.63) is 11.6 Å². The maximum atomic E-state index is 5.90. The number of hydrogen-bond acceptors (Lipinski definition) is 4. The van der Waals surface area contributed by atoms with Crippen LogP contribution in [0.4, 0.5) is 5.82 Å². The monoisotopic (exact) mass is 253 g/mol. The third-order valence-corrected chi connectivity index (χ3v) is 3.11. The quantitative estimate of drug-likeness (QED) is 0.851. The summed E-state index contributed by atoms with van der Waals surface area (Å²) < 4.78 is 0. The summed E-state index contributed by atoms with van der Waals surface area (Å²) in [4.78, 5) is 17.6. The average molecular weight is 254 g/mol. The highest BCUT2D eigenvalue weighted by atomic mass is 35.5. The van der Waals surface area contributed by atoms with E-state index in [0.717, 1.165) is 24.2 Å². The summed E-state index contributed by atoms with van der Waals surface area (Å²) in [6.45, 7) is 4.34. The topological polar surface area (TPSA) is 57.7 Å². The van der Waals surface area contributed by atoms with Crippen molar-refractivity contribution >= 4 is 28.6 Å². The van der Waals surface area contributed by atoms with Gasteiger partial charge in [0.05, 0.1) is 6.33 Å². The molecule has 2 rings (SSSR count). The third kappa shape index (κ3) is 2.34. The predicted molar refractivity (Wildman–Crippen MR) is 69.5 cm³/mol. The largest absolute Gasteiger partial charge is 0.355 e. The molecule has 2 aromatic heterocycles. The van der Waals surface area contributed by atoms with Crippen molar-refractivity contribution in [3.8, 4) is 0 Å². The van der Waals surface area contributed by atoms with Crippen LogP contribution in [-0.4, -0.2) is 33.0 Å². The Morgan fingerprint density at radius 1 is 1.47 bits per heavy atom. The number of nitrogens with one attached hydrogen (secondary N) is 1. The lowest BCUT2D eigenvalue weighted by molar-refractivity contribution is 0.612. The van der Waals surface area contributed by atoms with E-state index in [-0.39, 0.29) is 5.28 Å². The smallest absolute Gasteiger partial charge is 0.226 e. The van der Waals surface area contributed by atoms with Gasteiger partial charge >= 0.3 is 0 Å². The molecule has 6 heteroatoms. The Morgan fingerprint density at radius 2 is 2.24 bits per heavy atom. The first-order valence-corrected chi connectivity index (χ1v) is 6.10. The van der Waals surface area contributed by atoms with E-state index in [0.29, 0.717) is 11.7 Å². The second kappa shape index (κ2) is 4.87. The van der Waals surface area contributed by atoms with E-state index in [1.807, 2.05) is 7.05 Å². The molecule has 1 unspecified atom stereocenters. The van der Waals surface area contributed by atoms with Gasteiger partial charge < -0.3 is 9.88 Å². The zero-order valence-electron chi connectivity index (χ0n) is 10.2. The van der Waals surface area contributed by atoms with E-state index in [1.165, 1.54) is 0 Å². The zero-order valence-corrected chi connectivity index (χ0v) is 11.0. The number of aromatic nitrogens is 4. The molecule has 0 aliphatic carbocycles. The molecule has 2 heterocycles. The Balaban J connectivity index is 2.43. The standard InChI is InChI=1S/C11H16ClN5/c1-4-5-7(2)17(3)10-8-9(14-6-13-8)15-11(12)16-10/h6-7H,4-5H2,1-3H3,(H,13,14,15,16). The highest BCUT2D eigenvalue weighted by Crippen LogP contribution is 2.24. The number of rotatable bonds is 4. The number of hydrogen-bond donors (Lipinski definition) is 1. The lowest BCUT2D eigenvalue weighted by Gasteiger charge is -2.25. The molecule has 0 spiro atoms. The third-order valence-electron chi connectivity index (χ3n) is 2.94. The SMILES string of the molecule is CCCC(C)N(C)c1nc(Cl)nc2nc[nH]c12. The Labute approximate surface area is 105 Å².